The SMILES string of the molecule is CCc1cc(CNCCNC(C)(C)C)n(C)n1. The number of rotatable bonds is 6. The number of aromatic nitrogens is 2. The van der Waals surface area contributed by atoms with Gasteiger partial charge in [0.15, 0.2) is 0 Å². The van der Waals surface area contributed by atoms with E-state index in [-0.39, 0.29) is 5.54 Å². The van der Waals surface area contributed by atoms with Crippen LogP contribution in [0, 0.1) is 0 Å². The Kier molecular flexibility index (Phi) is 5.15. The van der Waals surface area contributed by atoms with E-state index in [1.807, 2.05) is 11.7 Å². The van der Waals surface area contributed by atoms with Crippen LogP contribution in [0.1, 0.15) is 39.1 Å². The van der Waals surface area contributed by atoms with Crippen LogP contribution in [0.5, 0.6) is 0 Å². The molecule has 0 amide bonds. The standard InChI is InChI=1S/C13H26N4/c1-6-11-9-12(17(5)16-11)10-14-7-8-15-13(2,3)4/h9,14-15H,6-8,10H2,1-5H3. The van der Waals surface area contributed by atoms with Gasteiger partial charge in [0.05, 0.1) is 11.4 Å². The Labute approximate surface area is 105 Å². The molecule has 0 unspecified atom stereocenters. The van der Waals surface area contributed by atoms with Crippen molar-refractivity contribution in [3.8, 4) is 0 Å². The van der Waals surface area contributed by atoms with Crippen LogP contribution >= 0.6 is 0 Å². The van der Waals surface area contributed by atoms with E-state index in [1.54, 1.807) is 0 Å². The molecule has 0 aliphatic carbocycles. The molecule has 2 N–H and O–H groups in total. The van der Waals surface area contributed by atoms with Crippen molar-refractivity contribution in [2.75, 3.05) is 13.1 Å². The van der Waals surface area contributed by atoms with Crippen molar-refractivity contribution >= 4 is 0 Å². The molecule has 17 heavy (non-hydrogen) atoms. The van der Waals surface area contributed by atoms with E-state index < -0.39 is 0 Å². The van der Waals surface area contributed by atoms with Crippen molar-refractivity contribution in [2.24, 2.45) is 7.05 Å². The molecular formula is C13H26N4. The minimum absolute atomic E-state index is 0.198. The molecule has 0 fully saturated rings. The van der Waals surface area contributed by atoms with Crippen LogP contribution in [0.15, 0.2) is 6.07 Å². The average Bonchev–Trinajstić information content (AvgIpc) is 2.57. The highest BCUT2D eigenvalue weighted by Gasteiger charge is 2.07. The summed E-state index contributed by atoms with van der Waals surface area (Å²) in [5, 5.41) is 11.3. The lowest BCUT2D eigenvalue weighted by molar-refractivity contribution is 0.420. The van der Waals surface area contributed by atoms with Gasteiger partial charge >= 0.3 is 0 Å². The average molecular weight is 238 g/mol. The smallest absolute Gasteiger partial charge is 0.0625 e. The summed E-state index contributed by atoms with van der Waals surface area (Å²) in [5.74, 6) is 0. The molecule has 0 saturated carbocycles. The van der Waals surface area contributed by atoms with Gasteiger partial charge in [-0.3, -0.25) is 4.68 Å². The first-order chi connectivity index (χ1) is 7.92. The fourth-order valence-electron chi connectivity index (χ4n) is 1.65. The molecule has 0 aromatic carbocycles. The summed E-state index contributed by atoms with van der Waals surface area (Å²) in [5.41, 5.74) is 2.61. The number of aryl methyl sites for hydroxylation is 2. The molecule has 98 valence electrons. The lowest BCUT2D eigenvalue weighted by Gasteiger charge is -2.20. The third kappa shape index (κ3) is 5.33. The second-order valence-corrected chi connectivity index (χ2v) is 5.46. The first kappa shape index (κ1) is 14.2. The predicted octanol–water partition coefficient (Wildman–Crippen LogP) is 1.46. The summed E-state index contributed by atoms with van der Waals surface area (Å²) >= 11 is 0. The van der Waals surface area contributed by atoms with Gasteiger partial charge in [0.2, 0.25) is 0 Å². The molecule has 0 atom stereocenters. The van der Waals surface area contributed by atoms with Gasteiger partial charge in [-0.25, -0.2) is 0 Å². The van der Waals surface area contributed by atoms with Gasteiger partial charge in [0.25, 0.3) is 0 Å². The summed E-state index contributed by atoms with van der Waals surface area (Å²) < 4.78 is 1.96. The van der Waals surface area contributed by atoms with Crippen LogP contribution in [0.2, 0.25) is 0 Å². The Bertz CT molecular complexity index is 336. The lowest BCUT2D eigenvalue weighted by Crippen LogP contribution is -2.40. The molecule has 0 spiro atoms. The van der Waals surface area contributed by atoms with Crippen LogP contribution in [0.4, 0.5) is 0 Å². The number of nitrogens with zero attached hydrogens (tertiary/aromatic N) is 2. The van der Waals surface area contributed by atoms with E-state index in [4.69, 9.17) is 0 Å². The van der Waals surface area contributed by atoms with Gasteiger partial charge in [-0.15, -0.1) is 0 Å². The first-order valence-electron chi connectivity index (χ1n) is 6.40. The Hall–Kier alpha value is -0.870. The zero-order chi connectivity index (χ0) is 12.9. The maximum Gasteiger partial charge on any atom is 0.0625 e. The molecule has 0 bridgehead atoms. The summed E-state index contributed by atoms with van der Waals surface area (Å²) in [6.07, 6.45) is 0.999. The Morgan fingerprint density at radius 1 is 1.29 bits per heavy atom. The first-order valence-corrected chi connectivity index (χ1v) is 6.40. The normalized spacial score (nSPS) is 12.1. The maximum atomic E-state index is 4.43. The second kappa shape index (κ2) is 6.17. The van der Waals surface area contributed by atoms with Crippen molar-refractivity contribution in [1.82, 2.24) is 20.4 Å². The molecule has 1 aromatic heterocycles. The molecular weight excluding hydrogens is 212 g/mol. The quantitative estimate of drug-likeness (QED) is 0.737. The van der Waals surface area contributed by atoms with Crippen molar-refractivity contribution in [3.05, 3.63) is 17.5 Å². The highest BCUT2D eigenvalue weighted by Crippen LogP contribution is 2.03. The van der Waals surface area contributed by atoms with Gasteiger partial charge in [-0.1, -0.05) is 6.92 Å². The number of hydrogen-bond acceptors (Lipinski definition) is 3. The second-order valence-electron chi connectivity index (χ2n) is 5.46. The molecule has 4 heteroatoms. The number of hydrogen-bond donors (Lipinski definition) is 2. The van der Waals surface area contributed by atoms with E-state index in [9.17, 15) is 0 Å². The van der Waals surface area contributed by atoms with Gasteiger partial charge in [0.1, 0.15) is 0 Å². The third-order valence-corrected chi connectivity index (χ3v) is 2.65. The van der Waals surface area contributed by atoms with Crippen LogP contribution in [0.25, 0.3) is 0 Å². The minimum Gasteiger partial charge on any atom is -0.311 e. The fraction of sp³-hybridized carbons (Fsp3) is 0.769. The van der Waals surface area contributed by atoms with Gasteiger partial charge in [0, 0.05) is 32.2 Å². The minimum atomic E-state index is 0.198. The maximum absolute atomic E-state index is 4.43. The van der Waals surface area contributed by atoms with Gasteiger partial charge < -0.3 is 10.6 Å². The predicted molar refractivity (Wildman–Crippen MR) is 72.0 cm³/mol. The van der Waals surface area contributed by atoms with E-state index in [0.717, 1.165) is 31.7 Å². The van der Waals surface area contributed by atoms with Crippen molar-refractivity contribution < 1.29 is 0 Å². The van der Waals surface area contributed by atoms with E-state index in [0.29, 0.717) is 0 Å². The topological polar surface area (TPSA) is 41.9 Å². The fourth-order valence-corrected chi connectivity index (χ4v) is 1.65. The highest BCUT2D eigenvalue weighted by molar-refractivity contribution is 5.09. The molecule has 1 heterocycles. The molecule has 1 rings (SSSR count). The molecule has 0 aliphatic rings. The zero-order valence-electron chi connectivity index (χ0n) is 11.8. The zero-order valence-corrected chi connectivity index (χ0v) is 11.8. The molecule has 0 saturated heterocycles. The Balaban J connectivity index is 2.24. The van der Waals surface area contributed by atoms with Crippen LogP contribution in [0.3, 0.4) is 0 Å². The summed E-state index contributed by atoms with van der Waals surface area (Å²) in [6.45, 7) is 11.5. The molecule has 0 radical (unpaired) electrons. The summed E-state index contributed by atoms with van der Waals surface area (Å²) in [6, 6.07) is 2.17. The highest BCUT2D eigenvalue weighted by atomic mass is 15.3. The molecule has 4 nitrogen and oxygen atoms in total. The lowest BCUT2D eigenvalue weighted by atomic mass is 10.1. The van der Waals surface area contributed by atoms with Crippen LogP contribution in [-0.2, 0) is 20.0 Å². The van der Waals surface area contributed by atoms with E-state index in [2.05, 4.69) is 49.5 Å². The van der Waals surface area contributed by atoms with Crippen molar-refractivity contribution in [1.29, 1.82) is 0 Å². The molecule has 0 aliphatic heterocycles. The third-order valence-electron chi connectivity index (χ3n) is 2.65. The van der Waals surface area contributed by atoms with E-state index in [1.165, 1.54) is 5.69 Å². The van der Waals surface area contributed by atoms with Crippen LogP contribution < -0.4 is 10.6 Å². The van der Waals surface area contributed by atoms with Gasteiger partial charge in [-0.05, 0) is 33.3 Å². The van der Waals surface area contributed by atoms with Crippen molar-refractivity contribution in [3.63, 3.8) is 0 Å². The monoisotopic (exact) mass is 238 g/mol. The Morgan fingerprint density at radius 2 is 2.00 bits per heavy atom. The van der Waals surface area contributed by atoms with Crippen molar-refractivity contribution in [2.45, 2.75) is 46.2 Å². The number of nitrogens with one attached hydrogen (secondary N) is 2. The summed E-state index contributed by atoms with van der Waals surface area (Å²) in [4.78, 5) is 0. The Morgan fingerprint density at radius 3 is 2.53 bits per heavy atom. The van der Waals surface area contributed by atoms with E-state index >= 15 is 0 Å². The summed E-state index contributed by atoms with van der Waals surface area (Å²) in [7, 11) is 2.00. The largest absolute Gasteiger partial charge is 0.311 e. The van der Waals surface area contributed by atoms with Gasteiger partial charge in [-0.2, -0.15) is 5.10 Å². The molecule has 1 aromatic rings. The van der Waals surface area contributed by atoms with Crippen LogP contribution in [-0.4, -0.2) is 28.4 Å².